The molecule has 0 bridgehead atoms. The molecule has 5 heteroatoms. The number of benzene rings is 1. The number of hydrogen-bond acceptors (Lipinski definition) is 4. The zero-order chi connectivity index (χ0) is 13.9. The van der Waals surface area contributed by atoms with Gasteiger partial charge >= 0.3 is 0 Å². The molecule has 1 aromatic rings. The molecule has 0 unspecified atom stereocenters. The van der Waals surface area contributed by atoms with Gasteiger partial charge in [-0.25, -0.2) is 0 Å². The number of nitrogens with two attached hydrogens (primary N) is 1. The molecule has 5 nitrogen and oxygen atoms in total. The molecule has 1 aliphatic carbocycles. The van der Waals surface area contributed by atoms with E-state index in [9.17, 15) is 5.11 Å². The smallest absolute Gasteiger partial charge is 0.172 e. The molecule has 0 atom stereocenters. The first-order chi connectivity index (χ1) is 9.06. The van der Waals surface area contributed by atoms with Crippen molar-refractivity contribution in [1.29, 1.82) is 0 Å². The van der Waals surface area contributed by atoms with Crippen LogP contribution in [0.2, 0.25) is 0 Å². The van der Waals surface area contributed by atoms with E-state index in [0.29, 0.717) is 12.1 Å². The molecule has 1 saturated carbocycles. The number of likely N-dealkylation sites (N-methyl/N-ethyl adjacent to an activating group) is 1. The van der Waals surface area contributed by atoms with Crippen LogP contribution in [0.5, 0.6) is 0 Å². The van der Waals surface area contributed by atoms with Crippen LogP contribution in [0.15, 0.2) is 29.4 Å². The van der Waals surface area contributed by atoms with E-state index in [-0.39, 0.29) is 5.84 Å². The predicted molar refractivity (Wildman–Crippen MR) is 75.6 cm³/mol. The summed E-state index contributed by atoms with van der Waals surface area (Å²) in [5, 5.41) is 22.3. The van der Waals surface area contributed by atoms with Crippen molar-refractivity contribution in [3.8, 4) is 0 Å². The van der Waals surface area contributed by atoms with Crippen molar-refractivity contribution in [2.24, 2.45) is 10.9 Å². The number of nitrogens with zero attached hydrogens (tertiary/aromatic N) is 2. The van der Waals surface area contributed by atoms with Gasteiger partial charge in [-0.3, -0.25) is 0 Å². The minimum atomic E-state index is -0.618. The van der Waals surface area contributed by atoms with E-state index >= 15 is 0 Å². The summed E-state index contributed by atoms with van der Waals surface area (Å²) < 4.78 is 0. The van der Waals surface area contributed by atoms with Crippen molar-refractivity contribution < 1.29 is 10.3 Å². The minimum Gasteiger partial charge on any atom is -0.409 e. The van der Waals surface area contributed by atoms with E-state index in [1.165, 1.54) is 0 Å². The van der Waals surface area contributed by atoms with Gasteiger partial charge in [-0.05, 0) is 25.0 Å². The first-order valence-electron chi connectivity index (χ1n) is 6.56. The molecule has 1 aromatic carbocycles. The Labute approximate surface area is 113 Å². The van der Waals surface area contributed by atoms with E-state index in [0.717, 1.165) is 31.4 Å². The van der Waals surface area contributed by atoms with Gasteiger partial charge in [0.05, 0.1) is 5.60 Å². The molecular weight excluding hydrogens is 242 g/mol. The number of oxime groups is 1. The summed E-state index contributed by atoms with van der Waals surface area (Å²) in [6, 6.07) is 7.46. The van der Waals surface area contributed by atoms with Crippen LogP contribution in [0.4, 0.5) is 5.69 Å². The number of hydrogen-bond donors (Lipinski definition) is 3. The molecular formula is C14H21N3O2. The Balaban J connectivity index is 2.21. The SMILES string of the molecule is CN(CC1(O)CCCC1)c1ccccc1/C(N)=N/O. The fraction of sp³-hybridized carbons (Fsp3) is 0.500. The van der Waals surface area contributed by atoms with Crippen molar-refractivity contribution in [3.63, 3.8) is 0 Å². The summed E-state index contributed by atoms with van der Waals surface area (Å²) in [6.07, 6.45) is 3.82. The highest BCUT2D eigenvalue weighted by molar-refractivity contribution is 6.02. The molecule has 0 spiro atoms. The van der Waals surface area contributed by atoms with Crippen molar-refractivity contribution in [3.05, 3.63) is 29.8 Å². The summed E-state index contributed by atoms with van der Waals surface area (Å²) in [6.45, 7) is 0.558. The molecule has 1 fully saturated rings. The Hall–Kier alpha value is -1.75. The van der Waals surface area contributed by atoms with Crippen LogP contribution in [0, 0.1) is 0 Å². The van der Waals surface area contributed by atoms with E-state index in [1.807, 2.05) is 30.1 Å². The second-order valence-corrected chi connectivity index (χ2v) is 5.29. The standard InChI is InChI=1S/C14H21N3O2/c1-17(10-14(18)8-4-5-9-14)12-7-3-2-6-11(12)13(15)16-19/h2-3,6-7,18-19H,4-5,8-10H2,1H3,(H2,15,16). The first-order valence-corrected chi connectivity index (χ1v) is 6.56. The van der Waals surface area contributed by atoms with Crippen LogP contribution in [-0.4, -0.2) is 35.3 Å². The lowest BCUT2D eigenvalue weighted by Gasteiger charge is -2.31. The summed E-state index contributed by atoms with van der Waals surface area (Å²) in [5.74, 6) is 0.0841. The van der Waals surface area contributed by atoms with E-state index < -0.39 is 5.60 Å². The summed E-state index contributed by atoms with van der Waals surface area (Å²) in [5.41, 5.74) is 6.60. The Kier molecular flexibility index (Phi) is 3.95. The van der Waals surface area contributed by atoms with Gasteiger partial charge in [-0.1, -0.05) is 30.1 Å². The van der Waals surface area contributed by atoms with Gasteiger partial charge in [0.2, 0.25) is 0 Å². The number of amidine groups is 1. The van der Waals surface area contributed by atoms with E-state index in [4.69, 9.17) is 10.9 Å². The predicted octanol–water partition coefficient (Wildman–Crippen LogP) is 1.52. The lowest BCUT2D eigenvalue weighted by Crippen LogP contribution is -2.40. The van der Waals surface area contributed by atoms with Crippen molar-refractivity contribution >= 4 is 11.5 Å². The lowest BCUT2D eigenvalue weighted by molar-refractivity contribution is 0.0559. The molecule has 0 radical (unpaired) electrons. The lowest BCUT2D eigenvalue weighted by atomic mass is 10.0. The Bertz CT molecular complexity index is 468. The highest BCUT2D eigenvalue weighted by atomic mass is 16.4. The average Bonchev–Trinajstić information content (AvgIpc) is 2.84. The van der Waals surface area contributed by atoms with Gasteiger partial charge in [0.1, 0.15) is 0 Å². The van der Waals surface area contributed by atoms with Gasteiger partial charge in [0, 0.05) is 24.8 Å². The second-order valence-electron chi connectivity index (χ2n) is 5.29. The zero-order valence-corrected chi connectivity index (χ0v) is 11.2. The van der Waals surface area contributed by atoms with Crippen LogP contribution < -0.4 is 10.6 Å². The number of aliphatic hydroxyl groups is 1. The van der Waals surface area contributed by atoms with Crippen molar-refractivity contribution in [1.82, 2.24) is 0 Å². The molecule has 19 heavy (non-hydrogen) atoms. The summed E-state index contributed by atoms with van der Waals surface area (Å²) in [7, 11) is 1.92. The second kappa shape index (κ2) is 5.48. The maximum absolute atomic E-state index is 10.5. The molecule has 104 valence electrons. The van der Waals surface area contributed by atoms with Crippen molar-refractivity contribution in [2.75, 3.05) is 18.5 Å². The van der Waals surface area contributed by atoms with Gasteiger partial charge in [-0.2, -0.15) is 0 Å². The maximum Gasteiger partial charge on any atom is 0.172 e. The van der Waals surface area contributed by atoms with Crippen LogP contribution in [0.25, 0.3) is 0 Å². The zero-order valence-electron chi connectivity index (χ0n) is 11.2. The quantitative estimate of drug-likeness (QED) is 0.333. The fourth-order valence-corrected chi connectivity index (χ4v) is 2.79. The highest BCUT2D eigenvalue weighted by Gasteiger charge is 2.32. The Morgan fingerprint density at radius 1 is 1.37 bits per heavy atom. The summed E-state index contributed by atoms with van der Waals surface area (Å²) >= 11 is 0. The molecule has 2 rings (SSSR count). The third-order valence-electron chi connectivity index (χ3n) is 3.76. The average molecular weight is 263 g/mol. The van der Waals surface area contributed by atoms with Gasteiger partial charge < -0.3 is 20.9 Å². The van der Waals surface area contributed by atoms with Gasteiger partial charge in [0.25, 0.3) is 0 Å². The summed E-state index contributed by atoms with van der Waals surface area (Å²) in [4.78, 5) is 1.97. The minimum absolute atomic E-state index is 0.0841. The van der Waals surface area contributed by atoms with Gasteiger partial charge in [-0.15, -0.1) is 0 Å². The highest BCUT2D eigenvalue weighted by Crippen LogP contribution is 2.31. The molecule has 0 aliphatic heterocycles. The van der Waals surface area contributed by atoms with E-state index in [2.05, 4.69) is 5.16 Å². The third-order valence-corrected chi connectivity index (χ3v) is 3.76. The van der Waals surface area contributed by atoms with Crippen LogP contribution in [0.1, 0.15) is 31.2 Å². The maximum atomic E-state index is 10.5. The molecule has 0 saturated heterocycles. The number of rotatable bonds is 4. The first kappa shape index (κ1) is 13.7. The molecule has 4 N–H and O–H groups in total. The van der Waals surface area contributed by atoms with Crippen LogP contribution >= 0.6 is 0 Å². The fourth-order valence-electron chi connectivity index (χ4n) is 2.79. The van der Waals surface area contributed by atoms with E-state index in [1.54, 1.807) is 6.07 Å². The topological polar surface area (TPSA) is 82.1 Å². The monoisotopic (exact) mass is 263 g/mol. The number of anilines is 1. The molecule has 0 amide bonds. The normalized spacial score (nSPS) is 18.5. The third kappa shape index (κ3) is 2.98. The van der Waals surface area contributed by atoms with Crippen LogP contribution in [-0.2, 0) is 0 Å². The Morgan fingerprint density at radius 2 is 2.00 bits per heavy atom. The Morgan fingerprint density at radius 3 is 2.63 bits per heavy atom. The molecule has 1 aliphatic rings. The molecule has 0 heterocycles. The van der Waals surface area contributed by atoms with Crippen molar-refractivity contribution in [2.45, 2.75) is 31.3 Å². The molecule has 0 aromatic heterocycles. The van der Waals surface area contributed by atoms with Gasteiger partial charge in [0.15, 0.2) is 5.84 Å². The van der Waals surface area contributed by atoms with Crippen LogP contribution in [0.3, 0.4) is 0 Å². The largest absolute Gasteiger partial charge is 0.409 e. The number of para-hydroxylation sites is 1.